The largest absolute Gasteiger partial charge is 0.462 e. The number of benzene rings is 1. The number of H-pyrrole nitrogens is 1. The molecule has 0 unspecified atom stereocenters. The monoisotopic (exact) mass is 348 g/mol. The van der Waals surface area contributed by atoms with Crippen molar-refractivity contribution in [2.45, 2.75) is 12.1 Å². The van der Waals surface area contributed by atoms with Crippen molar-refractivity contribution in [2.75, 3.05) is 23.4 Å². The molecule has 1 amide bonds. The number of amides is 1. The Kier molecular flexibility index (Phi) is 5.96. The first-order valence-electron chi connectivity index (χ1n) is 7.04. The highest BCUT2D eigenvalue weighted by molar-refractivity contribution is 7.99. The molecule has 126 valence electrons. The number of thioether (sulfide) groups is 1. The zero-order valence-corrected chi connectivity index (χ0v) is 13.7. The summed E-state index contributed by atoms with van der Waals surface area (Å²) in [4.78, 5) is 41.1. The topological polar surface area (TPSA) is 127 Å². The minimum absolute atomic E-state index is 0.0476. The number of hydrogen-bond donors (Lipinski definition) is 3. The highest BCUT2D eigenvalue weighted by Crippen LogP contribution is 2.14. The first-order valence-corrected chi connectivity index (χ1v) is 8.03. The lowest BCUT2D eigenvalue weighted by Crippen LogP contribution is -2.16. The van der Waals surface area contributed by atoms with Crippen molar-refractivity contribution in [2.24, 2.45) is 0 Å². The van der Waals surface area contributed by atoms with Crippen molar-refractivity contribution in [3.8, 4) is 0 Å². The third-order valence-corrected chi connectivity index (χ3v) is 3.63. The van der Waals surface area contributed by atoms with Crippen LogP contribution in [0.4, 0.5) is 11.5 Å². The SMILES string of the molecule is CCOC(=O)c1ccc(NC(=O)CSc2nc(N)cc(=O)[nH]2)cc1. The number of carbonyl (C=O) groups excluding carboxylic acids is 2. The number of nitrogens with zero attached hydrogens (tertiary/aromatic N) is 1. The van der Waals surface area contributed by atoms with Crippen molar-refractivity contribution < 1.29 is 14.3 Å². The summed E-state index contributed by atoms with van der Waals surface area (Å²) >= 11 is 1.06. The second kappa shape index (κ2) is 8.16. The van der Waals surface area contributed by atoms with Gasteiger partial charge in [-0.3, -0.25) is 9.59 Å². The van der Waals surface area contributed by atoms with Crippen molar-refractivity contribution in [3.05, 3.63) is 46.2 Å². The lowest BCUT2D eigenvalue weighted by atomic mass is 10.2. The number of esters is 1. The normalized spacial score (nSPS) is 10.2. The lowest BCUT2D eigenvalue weighted by molar-refractivity contribution is -0.113. The number of aromatic amines is 1. The third-order valence-electron chi connectivity index (χ3n) is 2.76. The molecule has 2 aromatic rings. The Balaban J connectivity index is 1.90. The molecule has 1 aromatic heterocycles. The average molecular weight is 348 g/mol. The van der Waals surface area contributed by atoms with Crippen LogP contribution in [0.15, 0.2) is 40.3 Å². The number of hydrogen-bond acceptors (Lipinski definition) is 7. The quantitative estimate of drug-likeness (QED) is 0.407. The van der Waals surface area contributed by atoms with Crippen LogP contribution in [-0.4, -0.2) is 34.2 Å². The van der Waals surface area contributed by atoms with Gasteiger partial charge in [0.2, 0.25) is 5.91 Å². The fraction of sp³-hybridized carbons (Fsp3) is 0.200. The van der Waals surface area contributed by atoms with E-state index in [-0.39, 0.29) is 28.2 Å². The number of carbonyl (C=O) groups is 2. The van der Waals surface area contributed by atoms with Crippen LogP contribution in [0.2, 0.25) is 0 Å². The van der Waals surface area contributed by atoms with Gasteiger partial charge in [-0.1, -0.05) is 11.8 Å². The van der Waals surface area contributed by atoms with E-state index in [1.165, 1.54) is 0 Å². The molecule has 0 saturated heterocycles. The van der Waals surface area contributed by atoms with Gasteiger partial charge in [-0.25, -0.2) is 9.78 Å². The van der Waals surface area contributed by atoms with Crippen LogP contribution < -0.4 is 16.6 Å². The summed E-state index contributed by atoms with van der Waals surface area (Å²) in [6.07, 6.45) is 0. The number of rotatable bonds is 6. The van der Waals surface area contributed by atoms with E-state index < -0.39 is 5.97 Å². The van der Waals surface area contributed by atoms with Gasteiger partial charge in [-0.15, -0.1) is 0 Å². The molecule has 0 spiro atoms. The van der Waals surface area contributed by atoms with E-state index in [1.807, 2.05) is 0 Å². The lowest BCUT2D eigenvalue weighted by Gasteiger charge is -2.06. The summed E-state index contributed by atoms with van der Waals surface area (Å²) in [5.41, 5.74) is 6.04. The van der Waals surface area contributed by atoms with E-state index in [1.54, 1.807) is 31.2 Å². The van der Waals surface area contributed by atoms with Gasteiger partial charge in [0, 0.05) is 11.8 Å². The predicted octanol–water partition coefficient (Wildman–Crippen LogP) is 1.26. The van der Waals surface area contributed by atoms with Gasteiger partial charge < -0.3 is 20.8 Å². The molecule has 1 heterocycles. The molecule has 1 aromatic carbocycles. The molecule has 0 aliphatic rings. The molecule has 0 fully saturated rings. The van der Waals surface area contributed by atoms with Crippen LogP contribution in [0.1, 0.15) is 17.3 Å². The van der Waals surface area contributed by atoms with Crippen LogP contribution in [-0.2, 0) is 9.53 Å². The molecule has 0 atom stereocenters. The van der Waals surface area contributed by atoms with Gasteiger partial charge in [0.15, 0.2) is 5.16 Å². The molecular weight excluding hydrogens is 332 g/mol. The molecule has 8 nitrogen and oxygen atoms in total. The van der Waals surface area contributed by atoms with E-state index in [2.05, 4.69) is 15.3 Å². The average Bonchev–Trinajstić information content (AvgIpc) is 2.53. The number of ether oxygens (including phenoxy) is 1. The molecule has 0 aliphatic heterocycles. The van der Waals surface area contributed by atoms with E-state index in [0.717, 1.165) is 17.8 Å². The van der Waals surface area contributed by atoms with Gasteiger partial charge in [0.25, 0.3) is 5.56 Å². The summed E-state index contributed by atoms with van der Waals surface area (Å²) in [5.74, 6) is -0.556. The fourth-order valence-electron chi connectivity index (χ4n) is 1.76. The number of aromatic nitrogens is 2. The Morgan fingerprint density at radius 3 is 2.67 bits per heavy atom. The maximum atomic E-state index is 11.9. The van der Waals surface area contributed by atoms with Crippen LogP contribution >= 0.6 is 11.8 Å². The summed E-state index contributed by atoms with van der Waals surface area (Å²) in [6, 6.07) is 7.51. The molecule has 2 rings (SSSR count). The molecular formula is C15H16N4O4S. The van der Waals surface area contributed by atoms with Crippen LogP contribution in [0.3, 0.4) is 0 Å². The summed E-state index contributed by atoms with van der Waals surface area (Å²) in [7, 11) is 0. The van der Waals surface area contributed by atoms with Crippen LogP contribution in [0, 0.1) is 0 Å². The predicted molar refractivity (Wildman–Crippen MR) is 91.0 cm³/mol. The molecule has 0 aliphatic carbocycles. The Labute approximate surface area is 141 Å². The molecule has 0 saturated carbocycles. The van der Waals surface area contributed by atoms with Crippen LogP contribution in [0.5, 0.6) is 0 Å². The number of nitrogens with two attached hydrogens (primary N) is 1. The first-order chi connectivity index (χ1) is 11.5. The highest BCUT2D eigenvalue weighted by Gasteiger charge is 2.08. The molecule has 4 N–H and O–H groups in total. The molecule has 0 radical (unpaired) electrons. The van der Waals surface area contributed by atoms with Gasteiger partial charge in [0.1, 0.15) is 5.82 Å². The standard InChI is InChI=1S/C15H16N4O4S/c1-2-23-14(22)9-3-5-10(6-4-9)17-13(21)8-24-15-18-11(16)7-12(20)19-15/h3-7H,2,8H2,1H3,(H,17,21)(H3,16,18,19,20). The van der Waals surface area contributed by atoms with E-state index in [9.17, 15) is 14.4 Å². The highest BCUT2D eigenvalue weighted by atomic mass is 32.2. The first kappa shape index (κ1) is 17.5. The minimum atomic E-state index is -0.414. The van der Waals surface area contributed by atoms with Gasteiger partial charge in [-0.2, -0.15) is 0 Å². The van der Waals surface area contributed by atoms with Crippen molar-refractivity contribution >= 4 is 35.1 Å². The molecule has 0 bridgehead atoms. The Hall–Kier alpha value is -2.81. The summed E-state index contributed by atoms with van der Waals surface area (Å²) < 4.78 is 4.88. The fourth-order valence-corrected chi connectivity index (χ4v) is 2.44. The van der Waals surface area contributed by atoms with E-state index >= 15 is 0 Å². The number of nitrogen functional groups attached to an aromatic ring is 1. The zero-order chi connectivity index (χ0) is 17.5. The smallest absolute Gasteiger partial charge is 0.338 e. The van der Waals surface area contributed by atoms with E-state index in [4.69, 9.17) is 10.5 Å². The Bertz CT molecular complexity index is 789. The summed E-state index contributed by atoms with van der Waals surface area (Å²) in [6.45, 7) is 2.03. The van der Waals surface area contributed by atoms with E-state index in [0.29, 0.717) is 17.9 Å². The number of anilines is 2. The van der Waals surface area contributed by atoms with Gasteiger partial charge >= 0.3 is 5.97 Å². The zero-order valence-electron chi connectivity index (χ0n) is 12.9. The Morgan fingerprint density at radius 1 is 1.33 bits per heavy atom. The van der Waals surface area contributed by atoms with Crippen molar-refractivity contribution in [1.29, 1.82) is 0 Å². The van der Waals surface area contributed by atoms with Gasteiger partial charge in [0.05, 0.1) is 17.9 Å². The second-order valence-electron chi connectivity index (χ2n) is 4.61. The van der Waals surface area contributed by atoms with Crippen molar-refractivity contribution in [3.63, 3.8) is 0 Å². The molecule has 9 heteroatoms. The van der Waals surface area contributed by atoms with Crippen molar-refractivity contribution in [1.82, 2.24) is 9.97 Å². The third kappa shape index (κ3) is 5.13. The molecule has 24 heavy (non-hydrogen) atoms. The van der Waals surface area contributed by atoms with Crippen LogP contribution in [0.25, 0.3) is 0 Å². The minimum Gasteiger partial charge on any atom is -0.462 e. The maximum absolute atomic E-state index is 11.9. The summed E-state index contributed by atoms with van der Waals surface area (Å²) in [5, 5.41) is 2.95. The Morgan fingerprint density at radius 2 is 2.04 bits per heavy atom. The second-order valence-corrected chi connectivity index (χ2v) is 5.57. The number of nitrogens with one attached hydrogen (secondary N) is 2. The maximum Gasteiger partial charge on any atom is 0.338 e. The van der Waals surface area contributed by atoms with Gasteiger partial charge in [-0.05, 0) is 31.2 Å².